The Bertz CT molecular complexity index is 974. The largest absolute Gasteiger partial charge is 0.335 e. The molecule has 0 amide bonds. The molecule has 0 bridgehead atoms. The summed E-state index contributed by atoms with van der Waals surface area (Å²) in [4.78, 5) is 23.3. The van der Waals surface area contributed by atoms with Crippen molar-refractivity contribution in [1.29, 1.82) is 0 Å². The minimum Gasteiger partial charge on any atom is -0.335 e. The number of H-pyrrole nitrogens is 2. The van der Waals surface area contributed by atoms with Crippen LogP contribution in [-0.2, 0) is 6.42 Å². The summed E-state index contributed by atoms with van der Waals surface area (Å²) in [5.74, 6) is 1.80. The number of aromatic amines is 2. The maximum atomic E-state index is 12.6. The van der Waals surface area contributed by atoms with Gasteiger partial charge in [-0.15, -0.1) is 11.3 Å². The molecular weight excluding hydrogens is 374 g/mol. The Morgan fingerprint density at radius 1 is 1.22 bits per heavy atom. The Morgan fingerprint density at radius 2 is 2.04 bits per heavy atom. The lowest BCUT2D eigenvalue weighted by molar-refractivity contribution is 0.262. The normalized spacial score (nSPS) is 25.0. The summed E-state index contributed by atoms with van der Waals surface area (Å²) in [5.41, 5.74) is 2.78. The molecule has 2 N–H and O–H groups in total. The minimum atomic E-state index is -0.0657. The first kappa shape index (κ1) is 18.6. The van der Waals surface area contributed by atoms with Gasteiger partial charge in [0, 0.05) is 28.8 Å². The van der Waals surface area contributed by atoms with Crippen molar-refractivity contribution in [2.75, 3.05) is 0 Å². The molecule has 6 heteroatoms. The van der Waals surface area contributed by atoms with Crippen LogP contribution in [0.15, 0.2) is 34.5 Å². The summed E-state index contributed by atoms with van der Waals surface area (Å²) in [5, 5.41) is 3.02. The van der Waals surface area contributed by atoms with E-state index in [1.807, 2.05) is 12.3 Å². The van der Waals surface area contributed by atoms with Gasteiger partial charge in [-0.25, -0.2) is 4.98 Å². The Hall–Kier alpha value is -1.79. The number of allylic oxidation sites excluding steroid dienone is 4. The van der Waals surface area contributed by atoms with E-state index in [0.717, 1.165) is 47.1 Å². The first-order valence-corrected chi connectivity index (χ1v) is 11.0. The average molecular weight is 400 g/mol. The average Bonchev–Trinajstić information content (AvgIpc) is 3.09. The molecule has 142 valence electrons. The molecule has 27 heavy (non-hydrogen) atoms. The third-order valence-electron chi connectivity index (χ3n) is 5.87. The zero-order valence-electron chi connectivity index (χ0n) is 15.5. The van der Waals surface area contributed by atoms with Crippen LogP contribution in [-0.4, -0.2) is 15.0 Å². The molecule has 0 saturated heterocycles. The van der Waals surface area contributed by atoms with E-state index in [9.17, 15) is 4.79 Å². The first-order chi connectivity index (χ1) is 13.1. The number of rotatable bonds is 4. The highest BCUT2D eigenvalue weighted by atomic mass is 32.1. The Kier molecular flexibility index (Phi) is 5.55. The Labute approximate surface area is 168 Å². The predicted molar refractivity (Wildman–Crippen MR) is 113 cm³/mol. The molecule has 2 aliphatic rings. The maximum Gasteiger partial charge on any atom is 0.255 e. The van der Waals surface area contributed by atoms with Crippen molar-refractivity contribution in [2.24, 2.45) is 11.8 Å². The molecule has 2 heterocycles. The molecule has 0 aromatic carbocycles. The lowest BCUT2D eigenvalue weighted by Crippen LogP contribution is -2.25. The zero-order valence-corrected chi connectivity index (χ0v) is 17.2. The molecule has 1 unspecified atom stereocenters. The topological polar surface area (TPSA) is 61.5 Å². The van der Waals surface area contributed by atoms with Gasteiger partial charge in [0.05, 0.1) is 5.01 Å². The molecule has 4 rings (SSSR count). The second-order valence-electron chi connectivity index (χ2n) is 7.68. The smallest absolute Gasteiger partial charge is 0.255 e. The molecule has 2 aliphatic carbocycles. The van der Waals surface area contributed by atoms with Crippen molar-refractivity contribution in [3.05, 3.63) is 66.8 Å². The highest BCUT2D eigenvalue weighted by Crippen LogP contribution is 2.40. The monoisotopic (exact) mass is 399 g/mol. The van der Waals surface area contributed by atoms with Gasteiger partial charge >= 0.3 is 0 Å². The lowest BCUT2D eigenvalue weighted by Gasteiger charge is -2.33. The number of nitrogens with zero attached hydrogens (tertiary/aromatic N) is 1. The standard InChI is InChI=1S/C21H25N3OS2/c1-13-12-27-18(22-13)11-17-19(23-21(26)24-20(17)25)16-9-7-15(8-10-16)14-5-3-2-4-6-14/h2-5,12,14-16H,6-11H2,1H3,(H2,23,24,25,26)/t14?,15-,16-. The molecule has 2 aromatic heterocycles. The number of nitrogens with one attached hydrogen (secondary N) is 2. The van der Waals surface area contributed by atoms with Gasteiger partial charge in [0.25, 0.3) is 5.56 Å². The van der Waals surface area contributed by atoms with E-state index in [1.165, 1.54) is 12.8 Å². The van der Waals surface area contributed by atoms with Crippen LogP contribution in [0.1, 0.15) is 60.0 Å². The summed E-state index contributed by atoms with van der Waals surface area (Å²) < 4.78 is 0.427. The fraction of sp³-hybridized carbons (Fsp3) is 0.476. The van der Waals surface area contributed by atoms with E-state index in [1.54, 1.807) is 11.3 Å². The highest BCUT2D eigenvalue weighted by molar-refractivity contribution is 7.71. The van der Waals surface area contributed by atoms with Crippen molar-refractivity contribution in [2.45, 2.75) is 51.4 Å². The first-order valence-electron chi connectivity index (χ1n) is 9.70. The van der Waals surface area contributed by atoms with Gasteiger partial charge in [0.15, 0.2) is 4.77 Å². The van der Waals surface area contributed by atoms with Gasteiger partial charge < -0.3 is 4.98 Å². The summed E-state index contributed by atoms with van der Waals surface area (Å²) in [6, 6.07) is 0. The minimum absolute atomic E-state index is 0.0657. The number of aryl methyl sites for hydroxylation is 1. The fourth-order valence-electron chi connectivity index (χ4n) is 4.47. The van der Waals surface area contributed by atoms with Crippen LogP contribution in [0.2, 0.25) is 0 Å². The Morgan fingerprint density at radius 3 is 2.70 bits per heavy atom. The van der Waals surface area contributed by atoms with Gasteiger partial charge in [0.2, 0.25) is 0 Å². The van der Waals surface area contributed by atoms with E-state index in [0.29, 0.717) is 23.0 Å². The van der Waals surface area contributed by atoms with E-state index in [4.69, 9.17) is 12.2 Å². The number of thiazole rings is 1. The summed E-state index contributed by atoms with van der Waals surface area (Å²) in [7, 11) is 0. The van der Waals surface area contributed by atoms with Crippen LogP contribution in [0.5, 0.6) is 0 Å². The summed E-state index contributed by atoms with van der Waals surface area (Å²) >= 11 is 6.88. The molecule has 0 spiro atoms. The molecular formula is C21H25N3OS2. The molecule has 0 aliphatic heterocycles. The van der Waals surface area contributed by atoms with Gasteiger partial charge in [-0.05, 0) is 69.0 Å². The zero-order chi connectivity index (χ0) is 18.8. The Balaban J connectivity index is 1.54. The van der Waals surface area contributed by atoms with Gasteiger partial charge in [0.1, 0.15) is 0 Å². The molecule has 4 nitrogen and oxygen atoms in total. The van der Waals surface area contributed by atoms with Crippen LogP contribution < -0.4 is 5.56 Å². The fourth-order valence-corrected chi connectivity index (χ4v) is 5.46. The lowest BCUT2D eigenvalue weighted by atomic mass is 9.72. The van der Waals surface area contributed by atoms with Gasteiger partial charge in [-0.1, -0.05) is 24.3 Å². The molecule has 1 fully saturated rings. The second kappa shape index (κ2) is 8.07. The van der Waals surface area contributed by atoms with E-state index < -0.39 is 0 Å². The number of aromatic nitrogens is 3. The second-order valence-corrected chi connectivity index (χ2v) is 9.04. The van der Waals surface area contributed by atoms with Crippen LogP contribution in [0, 0.1) is 23.5 Å². The van der Waals surface area contributed by atoms with Crippen molar-refractivity contribution in [3.8, 4) is 0 Å². The quantitative estimate of drug-likeness (QED) is 0.695. The predicted octanol–water partition coefficient (Wildman–Crippen LogP) is 5.19. The summed E-state index contributed by atoms with van der Waals surface area (Å²) in [6.07, 6.45) is 15.3. The van der Waals surface area contributed by atoms with E-state index in [-0.39, 0.29) is 5.56 Å². The van der Waals surface area contributed by atoms with Crippen molar-refractivity contribution < 1.29 is 0 Å². The van der Waals surface area contributed by atoms with Crippen LogP contribution in [0.3, 0.4) is 0 Å². The highest BCUT2D eigenvalue weighted by Gasteiger charge is 2.29. The molecule has 1 atom stereocenters. The SMILES string of the molecule is Cc1csc(Cc2c(=O)[nH]c(=S)[nH]c2[C@H]2CC[C@H](C3C=CC=CC3)CC2)n1. The van der Waals surface area contributed by atoms with Crippen LogP contribution in [0.4, 0.5) is 0 Å². The van der Waals surface area contributed by atoms with E-state index >= 15 is 0 Å². The third-order valence-corrected chi connectivity index (χ3v) is 7.04. The van der Waals surface area contributed by atoms with E-state index in [2.05, 4.69) is 39.3 Å². The number of hydrogen-bond donors (Lipinski definition) is 2. The third kappa shape index (κ3) is 4.22. The summed E-state index contributed by atoms with van der Waals surface area (Å²) in [6.45, 7) is 1.99. The van der Waals surface area contributed by atoms with Crippen LogP contribution in [0.25, 0.3) is 0 Å². The van der Waals surface area contributed by atoms with Crippen molar-refractivity contribution in [1.82, 2.24) is 15.0 Å². The molecule has 2 aromatic rings. The number of hydrogen-bond acceptors (Lipinski definition) is 4. The van der Waals surface area contributed by atoms with Crippen LogP contribution >= 0.6 is 23.6 Å². The maximum absolute atomic E-state index is 12.6. The van der Waals surface area contributed by atoms with Gasteiger partial charge in [-0.2, -0.15) is 0 Å². The van der Waals surface area contributed by atoms with Gasteiger partial charge in [-0.3, -0.25) is 9.78 Å². The molecule has 1 saturated carbocycles. The van der Waals surface area contributed by atoms with Crippen molar-refractivity contribution >= 4 is 23.6 Å². The van der Waals surface area contributed by atoms with Crippen molar-refractivity contribution in [3.63, 3.8) is 0 Å². The molecule has 0 radical (unpaired) electrons.